The first kappa shape index (κ1) is 22.6. The molecule has 0 aliphatic rings. The van der Waals surface area contributed by atoms with E-state index in [9.17, 15) is 18.0 Å². The first-order chi connectivity index (χ1) is 14.5. The van der Waals surface area contributed by atoms with Crippen molar-refractivity contribution in [1.82, 2.24) is 19.6 Å². The van der Waals surface area contributed by atoms with Crippen LogP contribution in [0.25, 0.3) is 5.69 Å². The van der Waals surface area contributed by atoms with Crippen LogP contribution in [0.1, 0.15) is 42.1 Å². The Bertz CT molecular complexity index is 1100. The second-order valence-corrected chi connectivity index (χ2v) is 8.08. The zero-order valence-corrected chi connectivity index (χ0v) is 18.2. The summed E-state index contributed by atoms with van der Waals surface area (Å²) in [5.74, 6) is 0.444. The monoisotopic (exact) mass is 433 g/mol. The molecular formula is C22H26F3N5O. The summed E-state index contributed by atoms with van der Waals surface area (Å²) < 4.78 is 42.5. The summed E-state index contributed by atoms with van der Waals surface area (Å²) in [6.45, 7) is 10.5. The Balaban J connectivity index is 1.84. The second-order valence-electron chi connectivity index (χ2n) is 8.08. The lowest BCUT2D eigenvalue weighted by Gasteiger charge is -2.12. The first-order valence-electron chi connectivity index (χ1n) is 10.0. The zero-order chi connectivity index (χ0) is 22.9. The summed E-state index contributed by atoms with van der Waals surface area (Å²) in [6.07, 6.45) is -4.35. The molecule has 1 aromatic carbocycles. The molecule has 6 nitrogen and oxygen atoms in total. The van der Waals surface area contributed by atoms with Gasteiger partial charge in [0.2, 0.25) is 5.91 Å². The van der Waals surface area contributed by atoms with Crippen molar-refractivity contribution in [3.63, 3.8) is 0 Å². The third-order valence-electron chi connectivity index (χ3n) is 4.92. The number of halogens is 3. The highest BCUT2D eigenvalue weighted by Crippen LogP contribution is 2.31. The van der Waals surface area contributed by atoms with Gasteiger partial charge < -0.3 is 5.32 Å². The highest BCUT2D eigenvalue weighted by atomic mass is 19.4. The molecule has 1 amide bonds. The molecule has 3 rings (SSSR count). The number of amides is 1. The van der Waals surface area contributed by atoms with Crippen LogP contribution < -0.4 is 5.32 Å². The maximum absolute atomic E-state index is 13.1. The highest BCUT2D eigenvalue weighted by molar-refractivity contribution is 5.92. The summed E-state index contributed by atoms with van der Waals surface area (Å²) in [4.78, 5) is 12.8. The number of nitrogens with one attached hydrogen (secondary N) is 1. The molecule has 0 aliphatic carbocycles. The van der Waals surface area contributed by atoms with Gasteiger partial charge in [-0.3, -0.25) is 9.48 Å². The number of nitrogens with zero attached hydrogens (tertiary/aromatic N) is 4. The summed E-state index contributed by atoms with van der Waals surface area (Å²) in [5, 5.41) is 11.6. The lowest BCUT2D eigenvalue weighted by Crippen LogP contribution is -2.18. The molecule has 2 aromatic heterocycles. The van der Waals surface area contributed by atoms with Crippen LogP contribution in [0, 0.1) is 26.7 Å². The Morgan fingerprint density at radius 1 is 1.13 bits per heavy atom. The molecule has 0 bridgehead atoms. The third-order valence-corrected chi connectivity index (χ3v) is 4.92. The van der Waals surface area contributed by atoms with E-state index in [4.69, 9.17) is 0 Å². The smallest absolute Gasteiger partial charge is 0.310 e. The zero-order valence-electron chi connectivity index (χ0n) is 18.2. The fourth-order valence-electron chi connectivity index (χ4n) is 3.46. The number of alkyl halides is 3. The number of carbonyl (C=O) groups is 1. The Morgan fingerprint density at radius 3 is 2.48 bits per heavy atom. The summed E-state index contributed by atoms with van der Waals surface area (Å²) in [7, 11) is 0. The SMILES string of the molecule is Cc1cc(NC(=O)Cc2c(C)nn(CC(C)C)c2C)n(-c2cccc(C(F)(F)F)c2)n1. The van der Waals surface area contributed by atoms with Gasteiger partial charge >= 0.3 is 6.18 Å². The van der Waals surface area contributed by atoms with Crippen LogP contribution in [0.5, 0.6) is 0 Å². The van der Waals surface area contributed by atoms with E-state index in [1.807, 2.05) is 18.5 Å². The van der Waals surface area contributed by atoms with Crippen LogP contribution in [0.4, 0.5) is 19.0 Å². The molecule has 0 fully saturated rings. The predicted octanol–water partition coefficient (Wildman–Crippen LogP) is 4.85. The molecule has 0 saturated carbocycles. The average Bonchev–Trinajstić information content (AvgIpc) is 3.15. The van der Waals surface area contributed by atoms with Gasteiger partial charge in [-0.1, -0.05) is 19.9 Å². The van der Waals surface area contributed by atoms with Crippen LogP contribution in [0.2, 0.25) is 0 Å². The van der Waals surface area contributed by atoms with Crippen molar-refractivity contribution in [1.29, 1.82) is 0 Å². The molecule has 0 aliphatic heterocycles. The van der Waals surface area contributed by atoms with Crippen molar-refractivity contribution in [2.75, 3.05) is 5.32 Å². The fourth-order valence-corrected chi connectivity index (χ4v) is 3.46. The Labute approximate surface area is 179 Å². The van der Waals surface area contributed by atoms with Gasteiger partial charge in [-0.15, -0.1) is 0 Å². The minimum Gasteiger partial charge on any atom is -0.310 e. The van der Waals surface area contributed by atoms with Crippen molar-refractivity contribution in [2.24, 2.45) is 5.92 Å². The van der Waals surface area contributed by atoms with E-state index in [0.717, 1.165) is 35.6 Å². The second kappa shape index (κ2) is 8.56. The minimum absolute atomic E-state index is 0.114. The van der Waals surface area contributed by atoms with Crippen molar-refractivity contribution < 1.29 is 18.0 Å². The lowest BCUT2D eigenvalue weighted by atomic mass is 10.1. The van der Waals surface area contributed by atoms with Crippen LogP contribution in [-0.4, -0.2) is 25.5 Å². The van der Waals surface area contributed by atoms with E-state index in [1.165, 1.54) is 16.8 Å². The van der Waals surface area contributed by atoms with Crippen molar-refractivity contribution in [2.45, 2.75) is 53.8 Å². The minimum atomic E-state index is -4.47. The van der Waals surface area contributed by atoms with Gasteiger partial charge in [-0.05, 0) is 44.9 Å². The molecule has 0 atom stereocenters. The standard InChI is InChI=1S/C22H26F3N5O/c1-13(2)12-29-16(5)19(15(4)28-29)11-21(31)26-20-9-14(3)27-30(20)18-8-6-7-17(10-18)22(23,24)25/h6-10,13H,11-12H2,1-5H3,(H,26,31). The van der Waals surface area contributed by atoms with E-state index in [0.29, 0.717) is 17.4 Å². The number of hydrogen-bond donors (Lipinski definition) is 1. The van der Waals surface area contributed by atoms with E-state index < -0.39 is 11.7 Å². The van der Waals surface area contributed by atoms with E-state index in [1.54, 1.807) is 13.0 Å². The summed E-state index contributed by atoms with van der Waals surface area (Å²) in [5.41, 5.74) is 2.58. The fraction of sp³-hybridized carbons (Fsp3) is 0.409. The lowest BCUT2D eigenvalue weighted by molar-refractivity contribution is -0.137. The van der Waals surface area contributed by atoms with Crippen LogP contribution >= 0.6 is 0 Å². The van der Waals surface area contributed by atoms with Gasteiger partial charge in [0, 0.05) is 23.9 Å². The Hall–Kier alpha value is -3.10. The predicted molar refractivity (Wildman–Crippen MR) is 112 cm³/mol. The number of anilines is 1. The molecule has 0 saturated heterocycles. The normalized spacial score (nSPS) is 11.9. The number of rotatable bonds is 6. The number of aryl methyl sites for hydroxylation is 2. The van der Waals surface area contributed by atoms with Gasteiger partial charge in [0.05, 0.1) is 29.1 Å². The molecule has 2 heterocycles. The van der Waals surface area contributed by atoms with E-state index in [-0.39, 0.29) is 18.0 Å². The molecule has 31 heavy (non-hydrogen) atoms. The Morgan fingerprint density at radius 2 is 1.84 bits per heavy atom. The maximum atomic E-state index is 13.1. The van der Waals surface area contributed by atoms with Crippen LogP contribution in [0.15, 0.2) is 30.3 Å². The topological polar surface area (TPSA) is 64.7 Å². The Kier molecular flexibility index (Phi) is 6.24. The molecule has 0 radical (unpaired) electrons. The van der Waals surface area contributed by atoms with Gasteiger partial charge in [-0.25, -0.2) is 4.68 Å². The van der Waals surface area contributed by atoms with Crippen molar-refractivity contribution >= 4 is 11.7 Å². The van der Waals surface area contributed by atoms with Gasteiger partial charge in [0.15, 0.2) is 0 Å². The quantitative estimate of drug-likeness (QED) is 0.604. The molecule has 0 spiro atoms. The number of carbonyl (C=O) groups excluding carboxylic acids is 1. The van der Waals surface area contributed by atoms with Gasteiger partial charge in [0.1, 0.15) is 5.82 Å². The van der Waals surface area contributed by atoms with Gasteiger partial charge in [-0.2, -0.15) is 23.4 Å². The summed E-state index contributed by atoms with van der Waals surface area (Å²) >= 11 is 0. The summed E-state index contributed by atoms with van der Waals surface area (Å²) in [6, 6.07) is 6.46. The van der Waals surface area contributed by atoms with E-state index >= 15 is 0 Å². The third kappa shape index (κ3) is 5.15. The van der Waals surface area contributed by atoms with Crippen molar-refractivity contribution in [3.05, 3.63) is 58.5 Å². The molecule has 0 unspecified atom stereocenters. The molecular weight excluding hydrogens is 407 g/mol. The van der Waals surface area contributed by atoms with E-state index in [2.05, 4.69) is 29.4 Å². The number of hydrogen-bond acceptors (Lipinski definition) is 3. The van der Waals surface area contributed by atoms with Crippen LogP contribution in [-0.2, 0) is 23.9 Å². The molecule has 1 N–H and O–H groups in total. The maximum Gasteiger partial charge on any atom is 0.416 e. The average molecular weight is 433 g/mol. The number of benzene rings is 1. The van der Waals surface area contributed by atoms with Crippen molar-refractivity contribution in [3.8, 4) is 5.69 Å². The number of aromatic nitrogens is 4. The molecule has 3 aromatic rings. The highest BCUT2D eigenvalue weighted by Gasteiger charge is 2.30. The largest absolute Gasteiger partial charge is 0.416 e. The first-order valence-corrected chi connectivity index (χ1v) is 10.0. The van der Waals surface area contributed by atoms with Crippen LogP contribution in [0.3, 0.4) is 0 Å². The molecule has 166 valence electrons. The van der Waals surface area contributed by atoms with Gasteiger partial charge in [0.25, 0.3) is 0 Å². The molecule has 9 heteroatoms.